The number of hydrogen-bond acceptors (Lipinski definition) is 5. The average molecular weight is 292 g/mol. The van der Waals surface area contributed by atoms with Crippen molar-refractivity contribution in [2.24, 2.45) is 0 Å². The molecule has 1 aromatic heterocycles. The molecule has 0 fully saturated rings. The molecule has 6 heteroatoms. The van der Waals surface area contributed by atoms with E-state index >= 15 is 0 Å². The van der Waals surface area contributed by atoms with Crippen LogP contribution in [0.25, 0.3) is 0 Å². The van der Waals surface area contributed by atoms with Crippen molar-refractivity contribution in [1.29, 1.82) is 0 Å². The molecule has 5 nitrogen and oxygen atoms in total. The van der Waals surface area contributed by atoms with Gasteiger partial charge >= 0.3 is 0 Å². The maximum atomic E-state index is 10.7. The standard InChI is InChI=1S/C14H16N2O3S/c1-14(17,13-6-3-7-20-13)10-15-9-11-4-2-5-12(8-11)16(18)19/h2-8,15,17H,9-10H2,1H3. The Kier molecular flexibility index (Phi) is 4.49. The maximum absolute atomic E-state index is 10.7. The Bertz CT molecular complexity index is 582. The Labute approximate surface area is 121 Å². The van der Waals surface area contributed by atoms with Gasteiger partial charge in [-0.25, -0.2) is 0 Å². The van der Waals surface area contributed by atoms with Gasteiger partial charge in [-0.2, -0.15) is 0 Å². The van der Waals surface area contributed by atoms with Gasteiger partial charge in [0.1, 0.15) is 5.60 Å². The van der Waals surface area contributed by atoms with Crippen molar-refractivity contribution in [3.8, 4) is 0 Å². The molecule has 1 aromatic carbocycles. The Balaban J connectivity index is 1.93. The Morgan fingerprint density at radius 3 is 2.85 bits per heavy atom. The van der Waals surface area contributed by atoms with Crippen molar-refractivity contribution in [1.82, 2.24) is 5.32 Å². The lowest BCUT2D eigenvalue weighted by Gasteiger charge is -2.22. The number of aliphatic hydroxyl groups is 1. The second-order valence-electron chi connectivity index (χ2n) is 4.78. The quantitative estimate of drug-likeness (QED) is 0.634. The summed E-state index contributed by atoms with van der Waals surface area (Å²) < 4.78 is 0. The molecule has 0 saturated heterocycles. The first-order chi connectivity index (χ1) is 9.49. The average Bonchev–Trinajstić information content (AvgIpc) is 2.93. The van der Waals surface area contributed by atoms with Gasteiger partial charge in [-0.05, 0) is 23.9 Å². The molecule has 0 aliphatic rings. The van der Waals surface area contributed by atoms with Crippen LogP contribution in [0, 0.1) is 10.1 Å². The third kappa shape index (κ3) is 3.63. The van der Waals surface area contributed by atoms with Crippen LogP contribution in [0.4, 0.5) is 5.69 Å². The first-order valence-corrected chi connectivity index (χ1v) is 7.07. The zero-order chi connectivity index (χ0) is 14.6. The molecular formula is C14H16N2O3S. The van der Waals surface area contributed by atoms with Gasteiger partial charge < -0.3 is 10.4 Å². The molecule has 1 heterocycles. The predicted octanol–water partition coefficient (Wildman–Crippen LogP) is 2.65. The molecule has 2 N–H and O–H groups in total. The molecule has 0 bridgehead atoms. The van der Waals surface area contributed by atoms with E-state index in [1.54, 1.807) is 13.0 Å². The van der Waals surface area contributed by atoms with Gasteiger partial charge in [0.2, 0.25) is 0 Å². The molecule has 2 rings (SSSR count). The molecule has 106 valence electrons. The number of nitrogens with one attached hydrogen (secondary N) is 1. The summed E-state index contributed by atoms with van der Waals surface area (Å²) in [6.45, 7) is 2.61. The first-order valence-electron chi connectivity index (χ1n) is 6.19. The van der Waals surface area contributed by atoms with Gasteiger partial charge in [-0.15, -0.1) is 11.3 Å². The fraction of sp³-hybridized carbons (Fsp3) is 0.286. The minimum absolute atomic E-state index is 0.0781. The third-order valence-corrected chi connectivity index (χ3v) is 4.09. The number of thiophene rings is 1. The smallest absolute Gasteiger partial charge is 0.269 e. The monoisotopic (exact) mass is 292 g/mol. The molecule has 0 aliphatic heterocycles. The number of benzene rings is 1. The molecular weight excluding hydrogens is 276 g/mol. The molecule has 2 aromatic rings. The highest BCUT2D eigenvalue weighted by Gasteiger charge is 2.23. The van der Waals surface area contributed by atoms with Gasteiger partial charge in [0.05, 0.1) is 4.92 Å². The normalized spacial score (nSPS) is 13.9. The molecule has 1 unspecified atom stereocenters. The van der Waals surface area contributed by atoms with Crippen molar-refractivity contribution in [3.63, 3.8) is 0 Å². The van der Waals surface area contributed by atoms with E-state index in [4.69, 9.17) is 0 Å². The van der Waals surface area contributed by atoms with E-state index in [1.807, 2.05) is 23.6 Å². The summed E-state index contributed by atoms with van der Waals surface area (Å²) in [5.41, 5.74) is -0.0370. The molecule has 0 aliphatic carbocycles. The molecule has 0 amide bonds. The lowest BCUT2D eigenvalue weighted by molar-refractivity contribution is -0.384. The zero-order valence-corrected chi connectivity index (χ0v) is 11.9. The third-order valence-electron chi connectivity index (χ3n) is 2.97. The second kappa shape index (κ2) is 6.13. The summed E-state index contributed by atoms with van der Waals surface area (Å²) in [6.07, 6.45) is 0. The lowest BCUT2D eigenvalue weighted by atomic mass is 10.1. The highest BCUT2D eigenvalue weighted by molar-refractivity contribution is 7.10. The van der Waals surface area contributed by atoms with Gasteiger partial charge in [-0.3, -0.25) is 10.1 Å². The summed E-state index contributed by atoms with van der Waals surface area (Å²) >= 11 is 1.50. The van der Waals surface area contributed by atoms with Crippen molar-refractivity contribution in [2.75, 3.05) is 6.54 Å². The highest BCUT2D eigenvalue weighted by atomic mass is 32.1. The SMILES string of the molecule is CC(O)(CNCc1cccc([N+](=O)[O-])c1)c1cccs1. The van der Waals surface area contributed by atoms with Crippen LogP contribution >= 0.6 is 11.3 Å². The van der Waals surface area contributed by atoms with Crippen LogP contribution in [0.3, 0.4) is 0 Å². The van der Waals surface area contributed by atoms with Crippen LogP contribution < -0.4 is 5.32 Å². The van der Waals surface area contributed by atoms with Crippen LogP contribution in [0.15, 0.2) is 41.8 Å². The van der Waals surface area contributed by atoms with E-state index < -0.39 is 10.5 Å². The van der Waals surface area contributed by atoms with Crippen molar-refractivity contribution in [3.05, 3.63) is 62.3 Å². The predicted molar refractivity (Wildman–Crippen MR) is 78.7 cm³/mol. The molecule has 20 heavy (non-hydrogen) atoms. The zero-order valence-electron chi connectivity index (χ0n) is 11.1. The fourth-order valence-corrected chi connectivity index (χ4v) is 2.69. The topological polar surface area (TPSA) is 75.4 Å². The lowest BCUT2D eigenvalue weighted by Crippen LogP contribution is -2.34. The summed E-state index contributed by atoms with van der Waals surface area (Å²) in [6, 6.07) is 10.3. The Morgan fingerprint density at radius 2 is 2.20 bits per heavy atom. The van der Waals surface area contributed by atoms with Crippen LogP contribution in [-0.4, -0.2) is 16.6 Å². The van der Waals surface area contributed by atoms with Gasteiger partial charge in [0.25, 0.3) is 5.69 Å². The van der Waals surface area contributed by atoms with Gasteiger partial charge in [0, 0.05) is 30.1 Å². The largest absolute Gasteiger partial charge is 0.383 e. The van der Waals surface area contributed by atoms with Crippen molar-refractivity contribution in [2.45, 2.75) is 19.1 Å². The maximum Gasteiger partial charge on any atom is 0.269 e. The van der Waals surface area contributed by atoms with Gasteiger partial charge in [0.15, 0.2) is 0 Å². The highest BCUT2D eigenvalue weighted by Crippen LogP contribution is 2.24. The summed E-state index contributed by atoms with van der Waals surface area (Å²) in [4.78, 5) is 11.2. The van der Waals surface area contributed by atoms with Crippen LogP contribution in [-0.2, 0) is 12.1 Å². The first kappa shape index (κ1) is 14.6. The van der Waals surface area contributed by atoms with Gasteiger partial charge in [-0.1, -0.05) is 18.2 Å². The number of nitro groups is 1. The summed E-state index contributed by atoms with van der Waals surface area (Å²) in [7, 11) is 0. The molecule has 0 spiro atoms. The summed E-state index contributed by atoms with van der Waals surface area (Å²) in [5, 5.41) is 26.1. The van der Waals surface area contributed by atoms with E-state index in [9.17, 15) is 15.2 Å². The minimum atomic E-state index is -0.936. The van der Waals surface area contributed by atoms with E-state index in [2.05, 4.69) is 5.32 Å². The Morgan fingerprint density at radius 1 is 1.40 bits per heavy atom. The number of nitrogens with zero attached hydrogens (tertiary/aromatic N) is 1. The molecule has 0 saturated carbocycles. The molecule has 1 atom stereocenters. The fourth-order valence-electron chi connectivity index (χ4n) is 1.90. The van der Waals surface area contributed by atoms with Crippen LogP contribution in [0.1, 0.15) is 17.4 Å². The van der Waals surface area contributed by atoms with E-state index in [0.717, 1.165) is 10.4 Å². The van der Waals surface area contributed by atoms with Crippen LogP contribution in [0.5, 0.6) is 0 Å². The molecule has 0 radical (unpaired) electrons. The van der Waals surface area contributed by atoms with Crippen molar-refractivity contribution >= 4 is 17.0 Å². The number of nitro benzene ring substituents is 1. The number of non-ortho nitro benzene ring substituents is 1. The Hall–Kier alpha value is -1.76. The minimum Gasteiger partial charge on any atom is -0.383 e. The van der Waals surface area contributed by atoms with Crippen LogP contribution in [0.2, 0.25) is 0 Å². The van der Waals surface area contributed by atoms with E-state index in [-0.39, 0.29) is 5.69 Å². The number of rotatable bonds is 6. The van der Waals surface area contributed by atoms with E-state index in [1.165, 1.54) is 23.5 Å². The van der Waals surface area contributed by atoms with E-state index in [0.29, 0.717) is 13.1 Å². The summed E-state index contributed by atoms with van der Waals surface area (Å²) in [5.74, 6) is 0. The van der Waals surface area contributed by atoms with Crippen molar-refractivity contribution < 1.29 is 10.0 Å². The number of hydrogen-bond donors (Lipinski definition) is 2. The second-order valence-corrected chi connectivity index (χ2v) is 5.73.